The highest BCUT2D eigenvalue weighted by Crippen LogP contribution is 2.31. The second-order valence-electron chi connectivity index (χ2n) is 4.72. The van der Waals surface area contributed by atoms with E-state index in [9.17, 15) is 13.2 Å². The standard InChI is InChI=1S/C13H18ClF3N2/c1-9(18)8-10-4-3-5-11(14)12(10)19(2)7-6-13(15,16)17/h3-5,9H,6-8,18H2,1-2H3. The topological polar surface area (TPSA) is 29.3 Å². The van der Waals surface area contributed by atoms with Crippen LogP contribution in [0.2, 0.25) is 5.02 Å². The summed E-state index contributed by atoms with van der Waals surface area (Å²) in [4.78, 5) is 1.54. The van der Waals surface area contributed by atoms with E-state index in [1.807, 2.05) is 13.0 Å². The quantitative estimate of drug-likeness (QED) is 0.899. The lowest BCUT2D eigenvalue weighted by molar-refractivity contribution is -0.132. The zero-order valence-corrected chi connectivity index (χ0v) is 11.7. The third-order valence-electron chi connectivity index (χ3n) is 2.72. The average Bonchev–Trinajstić information content (AvgIpc) is 2.24. The zero-order chi connectivity index (χ0) is 14.6. The molecule has 1 aromatic carbocycles. The molecular weight excluding hydrogens is 277 g/mol. The maximum absolute atomic E-state index is 12.3. The van der Waals surface area contributed by atoms with Gasteiger partial charge in [0.1, 0.15) is 0 Å². The molecule has 0 spiro atoms. The third kappa shape index (κ3) is 5.28. The first-order chi connectivity index (χ1) is 8.70. The lowest BCUT2D eigenvalue weighted by Crippen LogP contribution is -2.26. The van der Waals surface area contributed by atoms with Gasteiger partial charge in [-0.3, -0.25) is 0 Å². The summed E-state index contributed by atoms with van der Waals surface area (Å²) in [6, 6.07) is 5.22. The van der Waals surface area contributed by atoms with Crippen LogP contribution in [0.25, 0.3) is 0 Å². The Balaban J connectivity index is 2.91. The van der Waals surface area contributed by atoms with Crippen LogP contribution in [0.15, 0.2) is 18.2 Å². The van der Waals surface area contributed by atoms with E-state index >= 15 is 0 Å². The number of alkyl halides is 3. The summed E-state index contributed by atoms with van der Waals surface area (Å²) in [6.07, 6.45) is -4.46. The van der Waals surface area contributed by atoms with Crippen LogP contribution in [0.5, 0.6) is 0 Å². The fraction of sp³-hybridized carbons (Fsp3) is 0.538. The summed E-state index contributed by atoms with van der Waals surface area (Å²) in [7, 11) is 1.61. The molecule has 108 valence electrons. The lowest BCUT2D eigenvalue weighted by Gasteiger charge is -2.25. The molecule has 0 saturated carbocycles. The molecule has 0 amide bonds. The predicted octanol–water partition coefficient (Wildman–Crippen LogP) is 3.62. The van der Waals surface area contributed by atoms with Gasteiger partial charge in [0.2, 0.25) is 0 Å². The van der Waals surface area contributed by atoms with E-state index < -0.39 is 12.6 Å². The smallest absolute Gasteiger partial charge is 0.373 e. The Labute approximate surface area is 116 Å². The van der Waals surface area contributed by atoms with Crippen molar-refractivity contribution >= 4 is 17.3 Å². The molecule has 0 aliphatic carbocycles. The minimum atomic E-state index is -4.17. The summed E-state index contributed by atoms with van der Waals surface area (Å²) >= 11 is 6.09. The minimum absolute atomic E-state index is 0.0757. The third-order valence-corrected chi connectivity index (χ3v) is 3.03. The molecule has 0 saturated heterocycles. The van der Waals surface area contributed by atoms with Crippen molar-refractivity contribution in [2.24, 2.45) is 5.73 Å². The van der Waals surface area contributed by atoms with Gasteiger partial charge in [-0.1, -0.05) is 23.7 Å². The van der Waals surface area contributed by atoms with Gasteiger partial charge < -0.3 is 10.6 Å². The molecule has 2 nitrogen and oxygen atoms in total. The molecule has 0 bridgehead atoms. The van der Waals surface area contributed by atoms with Crippen molar-refractivity contribution < 1.29 is 13.2 Å². The van der Waals surface area contributed by atoms with Gasteiger partial charge in [0.15, 0.2) is 0 Å². The number of hydrogen-bond acceptors (Lipinski definition) is 2. The number of anilines is 1. The highest BCUT2D eigenvalue weighted by atomic mass is 35.5. The van der Waals surface area contributed by atoms with E-state index in [1.165, 1.54) is 4.90 Å². The van der Waals surface area contributed by atoms with Gasteiger partial charge in [-0.2, -0.15) is 13.2 Å². The summed E-state index contributed by atoms with van der Waals surface area (Å²) < 4.78 is 36.8. The van der Waals surface area contributed by atoms with E-state index in [0.29, 0.717) is 17.1 Å². The molecule has 19 heavy (non-hydrogen) atoms. The van der Waals surface area contributed by atoms with Gasteiger partial charge in [0.05, 0.1) is 17.1 Å². The lowest BCUT2D eigenvalue weighted by atomic mass is 10.0. The monoisotopic (exact) mass is 294 g/mol. The van der Waals surface area contributed by atoms with Crippen molar-refractivity contribution in [3.63, 3.8) is 0 Å². The van der Waals surface area contributed by atoms with E-state index in [4.69, 9.17) is 17.3 Å². The van der Waals surface area contributed by atoms with Crippen molar-refractivity contribution in [1.29, 1.82) is 0 Å². The van der Waals surface area contributed by atoms with Crippen molar-refractivity contribution in [2.45, 2.75) is 32.0 Å². The SMILES string of the molecule is CC(N)Cc1cccc(Cl)c1N(C)CCC(F)(F)F. The summed E-state index contributed by atoms with van der Waals surface area (Å²) in [5.74, 6) is 0. The van der Waals surface area contributed by atoms with Crippen LogP contribution in [0.1, 0.15) is 18.9 Å². The van der Waals surface area contributed by atoms with Crippen molar-refractivity contribution in [1.82, 2.24) is 0 Å². The van der Waals surface area contributed by atoms with Crippen LogP contribution in [-0.4, -0.2) is 25.8 Å². The van der Waals surface area contributed by atoms with Crippen LogP contribution in [0.3, 0.4) is 0 Å². The van der Waals surface area contributed by atoms with E-state index in [2.05, 4.69) is 0 Å². The number of para-hydroxylation sites is 1. The van der Waals surface area contributed by atoms with Gasteiger partial charge in [-0.05, 0) is 25.0 Å². The van der Waals surface area contributed by atoms with Crippen LogP contribution in [-0.2, 0) is 6.42 Å². The van der Waals surface area contributed by atoms with E-state index in [1.54, 1.807) is 19.2 Å². The first kappa shape index (κ1) is 16.1. The molecule has 6 heteroatoms. The van der Waals surface area contributed by atoms with Gasteiger partial charge in [0.25, 0.3) is 0 Å². The summed E-state index contributed by atoms with van der Waals surface area (Å²) in [6.45, 7) is 1.72. The number of rotatable bonds is 5. The maximum atomic E-state index is 12.3. The Morgan fingerprint density at radius 3 is 2.53 bits per heavy atom. The summed E-state index contributed by atoms with van der Waals surface area (Å²) in [5.41, 5.74) is 7.24. The molecule has 0 aliphatic rings. The zero-order valence-electron chi connectivity index (χ0n) is 11.0. The van der Waals surface area contributed by atoms with Crippen molar-refractivity contribution in [2.75, 3.05) is 18.5 Å². The fourth-order valence-corrected chi connectivity index (χ4v) is 2.24. The second kappa shape index (κ2) is 6.48. The minimum Gasteiger partial charge on any atom is -0.373 e. The highest BCUT2D eigenvalue weighted by Gasteiger charge is 2.27. The highest BCUT2D eigenvalue weighted by molar-refractivity contribution is 6.33. The van der Waals surface area contributed by atoms with Gasteiger partial charge in [0, 0.05) is 19.6 Å². The molecule has 1 aromatic rings. The normalized spacial score (nSPS) is 13.4. The Hall–Kier alpha value is -0.940. The van der Waals surface area contributed by atoms with Crippen LogP contribution in [0, 0.1) is 0 Å². The maximum Gasteiger partial charge on any atom is 0.390 e. The van der Waals surface area contributed by atoms with E-state index in [-0.39, 0.29) is 12.6 Å². The van der Waals surface area contributed by atoms with Crippen LogP contribution >= 0.6 is 11.6 Å². The van der Waals surface area contributed by atoms with E-state index in [0.717, 1.165) is 5.56 Å². The molecule has 1 unspecified atom stereocenters. The molecule has 0 aliphatic heterocycles. The van der Waals surface area contributed by atoms with Crippen molar-refractivity contribution in [3.8, 4) is 0 Å². The first-order valence-electron chi connectivity index (χ1n) is 6.01. The van der Waals surface area contributed by atoms with Crippen LogP contribution < -0.4 is 10.6 Å². The number of halogens is 4. The summed E-state index contributed by atoms with van der Waals surface area (Å²) in [5, 5.41) is 0.447. The molecule has 0 heterocycles. The molecule has 2 N–H and O–H groups in total. The average molecular weight is 295 g/mol. The predicted molar refractivity (Wildman–Crippen MR) is 72.7 cm³/mol. The largest absolute Gasteiger partial charge is 0.390 e. The Morgan fingerprint density at radius 1 is 1.37 bits per heavy atom. The Kier molecular flexibility index (Phi) is 5.50. The molecule has 0 aromatic heterocycles. The molecular formula is C13H18ClF3N2. The molecule has 0 fully saturated rings. The Bertz CT molecular complexity index is 419. The van der Waals surface area contributed by atoms with Gasteiger partial charge in [-0.15, -0.1) is 0 Å². The van der Waals surface area contributed by atoms with Gasteiger partial charge in [-0.25, -0.2) is 0 Å². The fourth-order valence-electron chi connectivity index (χ4n) is 1.91. The number of nitrogens with two attached hydrogens (primary N) is 1. The number of hydrogen-bond donors (Lipinski definition) is 1. The van der Waals surface area contributed by atoms with Crippen molar-refractivity contribution in [3.05, 3.63) is 28.8 Å². The molecule has 0 radical (unpaired) electrons. The molecule has 1 atom stereocenters. The second-order valence-corrected chi connectivity index (χ2v) is 5.12. The number of benzene rings is 1. The molecule has 1 rings (SSSR count). The number of nitrogens with zero attached hydrogens (tertiary/aromatic N) is 1. The van der Waals surface area contributed by atoms with Crippen LogP contribution in [0.4, 0.5) is 18.9 Å². The Morgan fingerprint density at radius 2 is 2.00 bits per heavy atom. The first-order valence-corrected chi connectivity index (χ1v) is 6.39. The van der Waals surface area contributed by atoms with Gasteiger partial charge >= 0.3 is 6.18 Å².